The van der Waals surface area contributed by atoms with Gasteiger partial charge in [-0.05, 0) is 19.0 Å². The summed E-state index contributed by atoms with van der Waals surface area (Å²) in [5, 5.41) is 11.7. The molecule has 116 valence electrons. The molecule has 0 radical (unpaired) electrons. The molecule has 2 rings (SSSR count). The molecule has 0 aliphatic carbocycles. The third kappa shape index (κ3) is 2.67. The van der Waals surface area contributed by atoms with E-state index in [9.17, 15) is 18.0 Å². The van der Waals surface area contributed by atoms with Crippen molar-refractivity contribution in [3.63, 3.8) is 0 Å². The zero-order chi connectivity index (χ0) is 15.7. The number of methoxy groups -OCH3 is 1. The lowest BCUT2D eigenvalue weighted by atomic mass is 9.75. The first-order valence-corrected chi connectivity index (χ1v) is 6.32. The number of carboxylic acid groups (broad SMARTS) is 1. The van der Waals surface area contributed by atoms with Crippen LogP contribution >= 0.6 is 0 Å². The monoisotopic (exact) mass is 304 g/mol. The Hall–Kier alpha value is -1.83. The Morgan fingerprint density at radius 1 is 1.57 bits per heavy atom. The zero-order valence-corrected chi connectivity index (χ0v) is 11.3. The Labute approximate surface area is 119 Å². The van der Waals surface area contributed by atoms with Crippen LogP contribution in [-0.2, 0) is 11.2 Å². The number of aromatic nitrogens is 1. The lowest BCUT2D eigenvalue weighted by molar-refractivity contribution is -0.236. The Morgan fingerprint density at radius 2 is 2.29 bits per heavy atom. The van der Waals surface area contributed by atoms with E-state index in [0.717, 1.165) is 0 Å². The molecule has 1 fully saturated rings. The first kappa shape index (κ1) is 15.6. The summed E-state index contributed by atoms with van der Waals surface area (Å²) in [5.74, 6) is -2.69. The molecule has 1 aliphatic rings. The van der Waals surface area contributed by atoms with Crippen molar-refractivity contribution in [1.82, 2.24) is 10.3 Å². The maximum absolute atomic E-state index is 13.3. The standard InChI is InChI=1S/C13H15F3N2O3/c1-21-10-4-2-3-9(18-10)5-8-6-17-7-12(8,11(19)20)13(14,15)16/h2-4,8,17H,5-7H2,1H3,(H,19,20)/t8-,12+/m1/s1. The normalized spacial score (nSPS) is 25.8. The summed E-state index contributed by atoms with van der Waals surface area (Å²) >= 11 is 0. The number of aliphatic carboxylic acids is 1. The second-order valence-electron chi connectivity index (χ2n) is 4.98. The van der Waals surface area contributed by atoms with Crippen molar-refractivity contribution in [1.29, 1.82) is 0 Å². The van der Waals surface area contributed by atoms with Gasteiger partial charge in [0, 0.05) is 24.2 Å². The van der Waals surface area contributed by atoms with E-state index in [4.69, 9.17) is 9.84 Å². The average Bonchev–Trinajstić information content (AvgIpc) is 2.83. The van der Waals surface area contributed by atoms with Crippen LogP contribution in [-0.4, -0.2) is 42.4 Å². The van der Waals surface area contributed by atoms with Gasteiger partial charge in [0.1, 0.15) is 0 Å². The molecule has 1 aliphatic heterocycles. The van der Waals surface area contributed by atoms with E-state index < -0.39 is 30.0 Å². The number of nitrogens with one attached hydrogen (secondary N) is 1. The first-order valence-electron chi connectivity index (χ1n) is 6.32. The minimum Gasteiger partial charge on any atom is -0.481 e. The molecule has 2 N–H and O–H groups in total. The molecule has 0 saturated carbocycles. The maximum Gasteiger partial charge on any atom is 0.406 e. The van der Waals surface area contributed by atoms with Gasteiger partial charge in [-0.15, -0.1) is 0 Å². The van der Waals surface area contributed by atoms with Gasteiger partial charge in [0.25, 0.3) is 0 Å². The van der Waals surface area contributed by atoms with Crippen LogP contribution in [0.5, 0.6) is 5.88 Å². The van der Waals surface area contributed by atoms with E-state index in [2.05, 4.69) is 10.3 Å². The van der Waals surface area contributed by atoms with Gasteiger partial charge in [-0.2, -0.15) is 13.2 Å². The van der Waals surface area contributed by atoms with E-state index in [1.54, 1.807) is 18.2 Å². The molecule has 2 heterocycles. The van der Waals surface area contributed by atoms with Crippen LogP contribution in [0.25, 0.3) is 0 Å². The highest BCUT2D eigenvalue weighted by molar-refractivity contribution is 5.77. The van der Waals surface area contributed by atoms with Crippen LogP contribution in [0.1, 0.15) is 5.69 Å². The molecule has 0 aromatic carbocycles. The van der Waals surface area contributed by atoms with Crippen LogP contribution < -0.4 is 10.1 Å². The van der Waals surface area contributed by atoms with Crippen LogP contribution in [0.4, 0.5) is 13.2 Å². The van der Waals surface area contributed by atoms with E-state index in [1.807, 2.05) is 0 Å². The van der Waals surface area contributed by atoms with Crippen molar-refractivity contribution in [3.05, 3.63) is 23.9 Å². The van der Waals surface area contributed by atoms with Crippen molar-refractivity contribution >= 4 is 5.97 Å². The zero-order valence-electron chi connectivity index (χ0n) is 11.3. The summed E-state index contributed by atoms with van der Waals surface area (Å²) in [6.45, 7) is -0.648. The number of halogens is 3. The summed E-state index contributed by atoms with van der Waals surface area (Å²) in [5.41, 5.74) is -2.41. The van der Waals surface area contributed by atoms with Crippen LogP contribution in [0, 0.1) is 11.3 Å². The summed E-state index contributed by atoms with van der Waals surface area (Å²) in [6.07, 6.45) is -4.91. The molecule has 0 spiro atoms. The van der Waals surface area contributed by atoms with Gasteiger partial charge in [-0.25, -0.2) is 4.98 Å². The highest BCUT2D eigenvalue weighted by Crippen LogP contribution is 2.47. The topological polar surface area (TPSA) is 71.5 Å². The van der Waals surface area contributed by atoms with Crippen molar-refractivity contribution in [3.8, 4) is 5.88 Å². The predicted molar refractivity (Wildman–Crippen MR) is 67.0 cm³/mol. The fraction of sp³-hybridized carbons (Fsp3) is 0.538. The molecule has 1 saturated heterocycles. The van der Waals surface area contributed by atoms with Crippen LogP contribution in [0.15, 0.2) is 18.2 Å². The molecule has 8 heteroatoms. The summed E-state index contributed by atoms with van der Waals surface area (Å²) in [7, 11) is 1.40. The van der Waals surface area contributed by atoms with Gasteiger partial charge in [-0.1, -0.05) is 6.07 Å². The number of nitrogens with zero attached hydrogens (tertiary/aromatic N) is 1. The number of carboxylic acids is 1. The maximum atomic E-state index is 13.3. The highest BCUT2D eigenvalue weighted by Gasteiger charge is 2.66. The smallest absolute Gasteiger partial charge is 0.406 e. The summed E-state index contributed by atoms with van der Waals surface area (Å²) in [6, 6.07) is 4.74. The number of rotatable bonds is 4. The number of ether oxygens (including phenoxy) is 1. The molecular formula is C13H15F3N2O3. The number of hydrogen-bond donors (Lipinski definition) is 2. The van der Waals surface area contributed by atoms with Gasteiger partial charge in [-0.3, -0.25) is 4.79 Å². The lowest BCUT2D eigenvalue weighted by Gasteiger charge is -2.32. The van der Waals surface area contributed by atoms with Crippen LogP contribution in [0.3, 0.4) is 0 Å². The van der Waals surface area contributed by atoms with Gasteiger partial charge in [0.15, 0.2) is 5.41 Å². The molecule has 1 aromatic rings. The number of alkyl halides is 3. The first-order chi connectivity index (χ1) is 9.81. The lowest BCUT2D eigenvalue weighted by Crippen LogP contribution is -2.51. The third-order valence-corrected chi connectivity index (χ3v) is 3.82. The predicted octanol–water partition coefficient (Wildman–Crippen LogP) is 1.49. The second kappa shape index (κ2) is 5.51. The number of carbonyl (C=O) groups is 1. The SMILES string of the molecule is COc1cccc(C[C@@H]2CNC[C@]2(C(=O)O)C(F)(F)F)n1. The van der Waals surface area contributed by atoms with E-state index in [1.165, 1.54) is 7.11 Å². The largest absolute Gasteiger partial charge is 0.481 e. The molecule has 2 atom stereocenters. The van der Waals surface area contributed by atoms with Crippen LogP contribution in [0.2, 0.25) is 0 Å². The molecule has 1 aromatic heterocycles. The molecule has 0 unspecified atom stereocenters. The summed E-state index contributed by atoms with van der Waals surface area (Å²) in [4.78, 5) is 15.3. The fourth-order valence-electron chi connectivity index (χ4n) is 2.65. The molecule has 5 nitrogen and oxygen atoms in total. The Bertz CT molecular complexity index is 536. The molecule has 0 amide bonds. The Kier molecular flexibility index (Phi) is 4.08. The molecule has 21 heavy (non-hydrogen) atoms. The van der Waals surface area contributed by atoms with Crippen molar-refractivity contribution in [2.45, 2.75) is 12.6 Å². The average molecular weight is 304 g/mol. The van der Waals surface area contributed by atoms with Gasteiger partial charge in [0.05, 0.1) is 7.11 Å². The molecular weight excluding hydrogens is 289 g/mol. The minimum absolute atomic E-state index is 0.0231. The summed E-state index contributed by atoms with van der Waals surface area (Å²) < 4.78 is 44.8. The van der Waals surface area contributed by atoms with Crippen molar-refractivity contribution in [2.24, 2.45) is 11.3 Å². The minimum atomic E-state index is -4.83. The number of pyridine rings is 1. The number of hydrogen-bond acceptors (Lipinski definition) is 4. The highest BCUT2D eigenvalue weighted by atomic mass is 19.4. The molecule has 0 bridgehead atoms. The fourth-order valence-corrected chi connectivity index (χ4v) is 2.65. The van der Waals surface area contributed by atoms with Crippen molar-refractivity contribution < 1.29 is 27.8 Å². The third-order valence-electron chi connectivity index (χ3n) is 3.82. The van der Waals surface area contributed by atoms with E-state index in [0.29, 0.717) is 5.69 Å². The Morgan fingerprint density at radius 3 is 2.86 bits per heavy atom. The van der Waals surface area contributed by atoms with E-state index in [-0.39, 0.29) is 18.8 Å². The quantitative estimate of drug-likeness (QED) is 0.882. The van der Waals surface area contributed by atoms with Gasteiger partial charge < -0.3 is 15.2 Å². The van der Waals surface area contributed by atoms with Crippen molar-refractivity contribution in [2.75, 3.05) is 20.2 Å². The van der Waals surface area contributed by atoms with Gasteiger partial charge >= 0.3 is 12.1 Å². The van der Waals surface area contributed by atoms with E-state index >= 15 is 0 Å². The second-order valence-corrected chi connectivity index (χ2v) is 4.98. The Balaban J connectivity index is 2.31. The van der Waals surface area contributed by atoms with Gasteiger partial charge in [0.2, 0.25) is 5.88 Å².